The van der Waals surface area contributed by atoms with E-state index in [1.807, 2.05) is 30.3 Å². The molecule has 3 N–H and O–H groups in total. The van der Waals surface area contributed by atoms with Crippen molar-refractivity contribution in [3.8, 4) is 11.5 Å². The Hall–Kier alpha value is -4.73. The Balaban J connectivity index is 1.86. The molecule has 0 aliphatic carbocycles. The highest BCUT2D eigenvalue weighted by molar-refractivity contribution is 6.07. The van der Waals surface area contributed by atoms with E-state index in [0.717, 1.165) is 5.56 Å². The van der Waals surface area contributed by atoms with Crippen LogP contribution in [0.5, 0.6) is 11.5 Å². The first-order valence-electron chi connectivity index (χ1n) is 10.6. The zero-order valence-corrected chi connectivity index (χ0v) is 19.2. The fourth-order valence-electron chi connectivity index (χ4n) is 3.66. The average Bonchev–Trinajstić information content (AvgIpc) is 3.39. The molecule has 0 atom stereocenters. The second-order valence-electron chi connectivity index (χ2n) is 7.64. The number of aromatic nitrogens is 2. The number of anilines is 2. The highest BCUT2D eigenvalue weighted by Gasteiger charge is 2.27. The van der Waals surface area contributed by atoms with Crippen molar-refractivity contribution in [3.63, 3.8) is 0 Å². The van der Waals surface area contributed by atoms with Gasteiger partial charge in [-0.1, -0.05) is 30.3 Å². The number of nitrogen functional groups attached to an aromatic ring is 1. The van der Waals surface area contributed by atoms with E-state index in [9.17, 15) is 14.4 Å². The standard InChI is InChI=1S/C25H24N4O6/c1-33-19-11-17(12-20(13-19)34-2)24(31)28(15-18-9-6-10-35-18)21-22(26)29(25(32)27-23(21)30)14-16-7-4-3-5-8-16/h3-13H,14-15,26H2,1-2H3,(H,27,30,32). The molecule has 4 aromatic rings. The van der Waals surface area contributed by atoms with E-state index in [0.29, 0.717) is 17.3 Å². The third kappa shape index (κ3) is 4.96. The zero-order chi connectivity index (χ0) is 24.9. The van der Waals surface area contributed by atoms with E-state index < -0.39 is 17.2 Å². The number of nitrogens with one attached hydrogen (secondary N) is 1. The van der Waals surface area contributed by atoms with Gasteiger partial charge in [0.15, 0.2) is 5.69 Å². The molecular formula is C25H24N4O6. The maximum Gasteiger partial charge on any atom is 0.330 e. The number of carbonyl (C=O) groups excluding carboxylic acids is 1. The number of carbonyl (C=O) groups is 1. The summed E-state index contributed by atoms with van der Waals surface area (Å²) in [4.78, 5) is 42.8. The number of hydrogen-bond donors (Lipinski definition) is 2. The van der Waals surface area contributed by atoms with Crippen LogP contribution in [0, 0.1) is 0 Å². The lowest BCUT2D eigenvalue weighted by Gasteiger charge is -2.24. The third-order valence-electron chi connectivity index (χ3n) is 5.41. The summed E-state index contributed by atoms with van der Waals surface area (Å²) in [6.45, 7) is -0.00672. The molecule has 0 aliphatic rings. The van der Waals surface area contributed by atoms with Crippen molar-refractivity contribution in [2.24, 2.45) is 0 Å². The summed E-state index contributed by atoms with van der Waals surface area (Å²) in [7, 11) is 2.93. The number of ether oxygens (including phenoxy) is 2. The first kappa shape index (κ1) is 23.4. The van der Waals surface area contributed by atoms with Gasteiger partial charge in [-0.2, -0.15) is 0 Å². The number of methoxy groups -OCH3 is 2. The van der Waals surface area contributed by atoms with Gasteiger partial charge in [0.1, 0.15) is 23.1 Å². The Morgan fingerprint density at radius 1 is 1.03 bits per heavy atom. The number of nitrogens with two attached hydrogens (primary N) is 1. The highest BCUT2D eigenvalue weighted by atomic mass is 16.5. The first-order chi connectivity index (χ1) is 16.9. The molecule has 4 rings (SSSR count). The molecule has 0 aliphatic heterocycles. The van der Waals surface area contributed by atoms with E-state index in [1.54, 1.807) is 18.2 Å². The SMILES string of the molecule is COc1cc(OC)cc(C(=O)N(Cc2ccco2)c2c(N)n(Cc3ccccc3)c(=O)[nH]c2=O)c1. The number of rotatable bonds is 8. The van der Waals surface area contributed by atoms with Gasteiger partial charge in [-0.3, -0.25) is 24.0 Å². The van der Waals surface area contributed by atoms with Crippen LogP contribution in [0.15, 0.2) is 80.9 Å². The van der Waals surface area contributed by atoms with Crippen molar-refractivity contribution in [2.45, 2.75) is 13.1 Å². The summed E-state index contributed by atoms with van der Waals surface area (Å²) in [6, 6.07) is 17.1. The molecule has 0 radical (unpaired) electrons. The minimum atomic E-state index is -0.799. The monoisotopic (exact) mass is 476 g/mol. The third-order valence-corrected chi connectivity index (χ3v) is 5.41. The maximum atomic E-state index is 13.7. The summed E-state index contributed by atoms with van der Waals surface area (Å²) in [5, 5.41) is 0. The minimum absolute atomic E-state index is 0.102. The van der Waals surface area contributed by atoms with Gasteiger partial charge in [0.2, 0.25) is 0 Å². The zero-order valence-electron chi connectivity index (χ0n) is 19.2. The summed E-state index contributed by atoms with van der Waals surface area (Å²) in [6.07, 6.45) is 1.45. The van der Waals surface area contributed by atoms with E-state index >= 15 is 0 Å². The molecule has 0 saturated carbocycles. The molecule has 2 heterocycles. The van der Waals surface area contributed by atoms with Crippen molar-refractivity contribution in [1.82, 2.24) is 9.55 Å². The number of benzene rings is 2. The van der Waals surface area contributed by atoms with Crippen molar-refractivity contribution >= 4 is 17.4 Å². The highest BCUT2D eigenvalue weighted by Crippen LogP contribution is 2.27. The number of hydrogen-bond acceptors (Lipinski definition) is 7. The van der Waals surface area contributed by atoms with Gasteiger partial charge in [0.05, 0.1) is 33.6 Å². The first-order valence-corrected chi connectivity index (χ1v) is 10.6. The molecule has 0 unspecified atom stereocenters. The van der Waals surface area contributed by atoms with Gasteiger partial charge < -0.3 is 19.6 Å². The fourth-order valence-corrected chi connectivity index (χ4v) is 3.66. The Kier molecular flexibility index (Phi) is 6.72. The van der Waals surface area contributed by atoms with Crippen LogP contribution in [0.4, 0.5) is 11.5 Å². The topological polar surface area (TPSA) is 133 Å². The van der Waals surface area contributed by atoms with Gasteiger partial charge in [-0.25, -0.2) is 4.79 Å². The number of nitrogens with zero attached hydrogens (tertiary/aromatic N) is 2. The molecule has 0 bridgehead atoms. The normalized spacial score (nSPS) is 10.7. The van der Waals surface area contributed by atoms with Crippen molar-refractivity contribution in [2.75, 3.05) is 24.9 Å². The van der Waals surface area contributed by atoms with Crippen LogP contribution in [-0.4, -0.2) is 29.7 Å². The summed E-state index contributed by atoms with van der Waals surface area (Å²) in [5.41, 5.74) is 5.68. The van der Waals surface area contributed by atoms with Crippen LogP contribution >= 0.6 is 0 Å². The molecule has 2 aromatic carbocycles. The van der Waals surface area contributed by atoms with E-state index in [1.165, 1.54) is 42.1 Å². The predicted molar refractivity (Wildman–Crippen MR) is 130 cm³/mol. The molecule has 35 heavy (non-hydrogen) atoms. The number of furan rings is 1. The molecule has 10 heteroatoms. The number of amides is 1. The van der Waals surface area contributed by atoms with E-state index in [4.69, 9.17) is 19.6 Å². The van der Waals surface area contributed by atoms with Gasteiger partial charge in [0.25, 0.3) is 11.5 Å². The van der Waals surface area contributed by atoms with E-state index in [-0.39, 0.29) is 30.2 Å². The Morgan fingerprint density at radius 2 is 1.71 bits per heavy atom. The van der Waals surface area contributed by atoms with Crippen LogP contribution in [0.1, 0.15) is 21.7 Å². The smallest absolute Gasteiger partial charge is 0.330 e. The van der Waals surface area contributed by atoms with Gasteiger partial charge in [-0.05, 0) is 29.8 Å². The molecule has 2 aromatic heterocycles. The van der Waals surface area contributed by atoms with Gasteiger partial charge >= 0.3 is 5.69 Å². The summed E-state index contributed by atoms with van der Waals surface area (Å²) >= 11 is 0. The van der Waals surface area contributed by atoms with Gasteiger partial charge in [-0.15, -0.1) is 0 Å². The lowest BCUT2D eigenvalue weighted by molar-refractivity contribution is 0.0982. The maximum absolute atomic E-state index is 13.7. The Labute approximate surface area is 200 Å². The summed E-state index contributed by atoms with van der Waals surface area (Å²) < 4.78 is 17.2. The Morgan fingerprint density at radius 3 is 2.31 bits per heavy atom. The second kappa shape index (κ2) is 10.0. The largest absolute Gasteiger partial charge is 0.497 e. The number of H-pyrrole nitrogens is 1. The second-order valence-corrected chi connectivity index (χ2v) is 7.64. The fraction of sp³-hybridized carbons (Fsp3) is 0.160. The lowest BCUT2D eigenvalue weighted by Crippen LogP contribution is -2.41. The average molecular weight is 476 g/mol. The van der Waals surface area contributed by atoms with E-state index in [2.05, 4.69) is 4.98 Å². The van der Waals surface area contributed by atoms with Gasteiger partial charge in [0, 0.05) is 11.6 Å². The van der Waals surface area contributed by atoms with Crippen LogP contribution in [0.25, 0.3) is 0 Å². The predicted octanol–water partition coefficient (Wildman–Crippen LogP) is 2.62. The Bertz CT molecular complexity index is 1420. The molecule has 0 fully saturated rings. The lowest BCUT2D eigenvalue weighted by atomic mass is 10.1. The van der Waals surface area contributed by atoms with Crippen molar-refractivity contribution in [1.29, 1.82) is 0 Å². The molecule has 10 nitrogen and oxygen atoms in total. The quantitative estimate of drug-likeness (QED) is 0.399. The van der Waals surface area contributed by atoms with Crippen molar-refractivity contribution < 1.29 is 18.7 Å². The van der Waals surface area contributed by atoms with Crippen LogP contribution in [-0.2, 0) is 13.1 Å². The summed E-state index contributed by atoms with van der Waals surface area (Å²) in [5.74, 6) is 0.467. The molecule has 0 saturated heterocycles. The minimum Gasteiger partial charge on any atom is -0.497 e. The molecular weight excluding hydrogens is 452 g/mol. The van der Waals surface area contributed by atoms with Crippen molar-refractivity contribution in [3.05, 3.63) is 105 Å². The number of aromatic amines is 1. The van der Waals surface area contributed by atoms with Crippen LogP contribution < -0.4 is 31.4 Å². The molecule has 1 amide bonds. The van der Waals surface area contributed by atoms with Crippen LogP contribution in [0.3, 0.4) is 0 Å². The molecule has 0 spiro atoms. The molecule has 180 valence electrons. The van der Waals surface area contributed by atoms with Crippen LogP contribution in [0.2, 0.25) is 0 Å².